The second-order valence-corrected chi connectivity index (χ2v) is 3.40. The van der Waals surface area contributed by atoms with Crippen LogP contribution in [0.2, 0.25) is 0 Å². The Hall–Kier alpha value is -0.320. The third-order valence-electron chi connectivity index (χ3n) is 1.57. The van der Waals surface area contributed by atoms with E-state index in [1.54, 1.807) is 0 Å². The first kappa shape index (κ1) is 9.77. The van der Waals surface area contributed by atoms with Crippen molar-refractivity contribution in [2.75, 3.05) is 0 Å². The predicted octanol–water partition coefficient (Wildman–Crippen LogP) is 3.50. The van der Waals surface area contributed by atoms with Crippen LogP contribution in [0.1, 0.15) is 6.42 Å². The Morgan fingerprint density at radius 1 is 1.42 bits per heavy atom. The average molecular weight is 245 g/mol. The van der Waals surface area contributed by atoms with Crippen LogP contribution in [0.25, 0.3) is 0 Å². The first-order chi connectivity index (χ1) is 5.35. The van der Waals surface area contributed by atoms with Gasteiger partial charge in [-0.15, -0.1) is 0 Å². The highest BCUT2D eigenvalue weighted by Crippen LogP contribution is 2.41. The molecule has 0 fully saturated rings. The van der Waals surface area contributed by atoms with Crippen LogP contribution in [-0.4, -0.2) is 11.8 Å². The Morgan fingerprint density at radius 3 is 2.33 bits per heavy atom. The van der Waals surface area contributed by atoms with Crippen LogP contribution in [0, 0.1) is 0 Å². The van der Waals surface area contributed by atoms with Crippen molar-refractivity contribution >= 4 is 15.9 Å². The van der Waals surface area contributed by atoms with Gasteiger partial charge in [-0.1, -0.05) is 22.0 Å². The molecule has 0 saturated heterocycles. The molecule has 12 heavy (non-hydrogen) atoms. The van der Waals surface area contributed by atoms with Gasteiger partial charge in [-0.25, -0.2) is 4.39 Å². The fourth-order valence-electron chi connectivity index (χ4n) is 0.804. The van der Waals surface area contributed by atoms with E-state index in [1.807, 2.05) is 0 Å². The molecule has 0 aromatic carbocycles. The summed E-state index contributed by atoms with van der Waals surface area (Å²) in [5.41, 5.74) is -3.19. The van der Waals surface area contributed by atoms with Crippen LogP contribution < -0.4 is 0 Å². The highest BCUT2D eigenvalue weighted by molar-refractivity contribution is 9.11. The molecule has 0 saturated carbocycles. The van der Waals surface area contributed by atoms with Crippen LogP contribution in [0.5, 0.6) is 0 Å². The minimum absolute atomic E-state index is 0.472. The number of alkyl halides is 4. The van der Waals surface area contributed by atoms with E-state index in [9.17, 15) is 17.6 Å². The lowest BCUT2D eigenvalue weighted by Gasteiger charge is -2.25. The van der Waals surface area contributed by atoms with E-state index in [2.05, 4.69) is 15.9 Å². The topological polar surface area (TPSA) is 0 Å². The Morgan fingerprint density at radius 2 is 2.00 bits per heavy atom. The molecular weight excluding hydrogens is 240 g/mol. The standard InChI is InChI=1S/C7H5BrF4/c8-5-1-3-6(9,4-2-5)7(10,11)12/h1-3H,4H2. The molecule has 0 radical (unpaired) electrons. The van der Waals surface area contributed by atoms with Crippen LogP contribution in [0.15, 0.2) is 22.7 Å². The Bertz CT molecular complexity index is 240. The fourth-order valence-corrected chi connectivity index (χ4v) is 1.10. The lowest BCUT2D eigenvalue weighted by Crippen LogP contribution is -2.39. The minimum Gasteiger partial charge on any atom is -0.229 e. The highest BCUT2D eigenvalue weighted by atomic mass is 79.9. The van der Waals surface area contributed by atoms with Crippen molar-refractivity contribution in [3.05, 3.63) is 22.7 Å². The van der Waals surface area contributed by atoms with Gasteiger partial charge in [0.25, 0.3) is 0 Å². The molecule has 1 atom stereocenters. The van der Waals surface area contributed by atoms with Gasteiger partial charge >= 0.3 is 6.18 Å². The second kappa shape index (κ2) is 2.87. The number of rotatable bonds is 0. The van der Waals surface area contributed by atoms with E-state index in [1.165, 1.54) is 0 Å². The first-order valence-electron chi connectivity index (χ1n) is 3.16. The van der Waals surface area contributed by atoms with Gasteiger partial charge in [0.2, 0.25) is 5.67 Å². The summed E-state index contributed by atoms with van der Waals surface area (Å²) < 4.78 is 49.4. The smallest absolute Gasteiger partial charge is 0.229 e. The summed E-state index contributed by atoms with van der Waals surface area (Å²) in [6, 6.07) is 0. The van der Waals surface area contributed by atoms with Crippen LogP contribution >= 0.6 is 15.9 Å². The summed E-state index contributed by atoms with van der Waals surface area (Å²) in [7, 11) is 0. The van der Waals surface area contributed by atoms with Gasteiger partial charge in [0.15, 0.2) is 0 Å². The molecule has 0 nitrogen and oxygen atoms in total. The van der Waals surface area contributed by atoms with E-state index >= 15 is 0 Å². The Kier molecular flexibility index (Phi) is 2.33. The second-order valence-electron chi connectivity index (χ2n) is 2.49. The van der Waals surface area contributed by atoms with Crippen molar-refractivity contribution in [2.45, 2.75) is 18.3 Å². The summed E-state index contributed by atoms with van der Waals surface area (Å²) in [5.74, 6) is 0. The number of hydrogen-bond donors (Lipinski definition) is 0. The van der Waals surface area contributed by atoms with Gasteiger partial charge in [-0.2, -0.15) is 13.2 Å². The van der Waals surface area contributed by atoms with Crippen LogP contribution in [0.3, 0.4) is 0 Å². The lowest BCUT2D eigenvalue weighted by atomic mass is 9.97. The molecule has 0 aromatic heterocycles. The van der Waals surface area contributed by atoms with Crippen molar-refractivity contribution in [3.8, 4) is 0 Å². The summed E-state index contributed by atoms with van der Waals surface area (Å²) >= 11 is 2.95. The molecule has 1 aliphatic rings. The fraction of sp³-hybridized carbons (Fsp3) is 0.429. The van der Waals surface area contributed by atoms with Gasteiger partial charge in [0.1, 0.15) is 0 Å². The summed E-state index contributed by atoms with van der Waals surface area (Å²) in [4.78, 5) is 0. The molecule has 68 valence electrons. The van der Waals surface area contributed by atoms with Crippen molar-refractivity contribution in [1.82, 2.24) is 0 Å². The van der Waals surface area contributed by atoms with Gasteiger partial charge < -0.3 is 0 Å². The largest absolute Gasteiger partial charge is 0.426 e. The molecule has 0 amide bonds. The number of allylic oxidation sites excluding steroid dienone is 4. The summed E-state index contributed by atoms with van der Waals surface area (Å²) in [5, 5.41) is 0. The van der Waals surface area contributed by atoms with E-state index in [0.29, 0.717) is 10.6 Å². The first-order valence-corrected chi connectivity index (χ1v) is 3.95. The van der Waals surface area contributed by atoms with E-state index in [0.717, 1.165) is 12.2 Å². The Balaban J connectivity index is 2.86. The predicted molar refractivity (Wildman–Crippen MR) is 40.7 cm³/mol. The third-order valence-corrected chi connectivity index (χ3v) is 2.16. The summed E-state index contributed by atoms with van der Waals surface area (Å²) in [6.07, 6.45) is -2.73. The minimum atomic E-state index is -4.83. The molecule has 0 aliphatic heterocycles. The van der Waals surface area contributed by atoms with E-state index in [4.69, 9.17) is 0 Å². The number of halogens is 5. The molecule has 0 aromatic rings. The van der Waals surface area contributed by atoms with Crippen molar-refractivity contribution in [3.63, 3.8) is 0 Å². The van der Waals surface area contributed by atoms with Gasteiger partial charge in [-0.3, -0.25) is 0 Å². The number of hydrogen-bond acceptors (Lipinski definition) is 0. The third kappa shape index (κ3) is 1.71. The maximum absolute atomic E-state index is 13.0. The monoisotopic (exact) mass is 244 g/mol. The molecule has 5 heteroatoms. The lowest BCUT2D eigenvalue weighted by molar-refractivity contribution is -0.211. The van der Waals surface area contributed by atoms with Gasteiger partial charge in [-0.05, 0) is 12.2 Å². The van der Waals surface area contributed by atoms with Gasteiger partial charge in [0.05, 0.1) is 0 Å². The molecule has 1 rings (SSSR count). The Labute approximate surface area is 75.1 Å². The van der Waals surface area contributed by atoms with Crippen LogP contribution in [-0.2, 0) is 0 Å². The molecular formula is C7H5BrF4. The molecule has 0 N–H and O–H groups in total. The van der Waals surface area contributed by atoms with Gasteiger partial charge in [0, 0.05) is 10.9 Å². The van der Waals surface area contributed by atoms with Crippen molar-refractivity contribution in [1.29, 1.82) is 0 Å². The normalized spacial score (nSPS) is 30.2. The molecule has 1 aliphatic carbocycles. The SMILES string of the molecule is FC(F)(F)C1(F)C=CC(Br)=CC1. The molecule has 0 heterocycles. The maximum Gasteiger partial charge on any atom is 0.426 e. The average Bonchev–Trinajstić information content (AvgIpc) is 1.93. The zero-order valence-electron chi connectivity index (χ0n) is 5.83. The zero-order valence-corrected chi connectivity index (χ0v) is 7.41. The molecule has 0 bridgehead atoms. The quantitative estimate of drug-likeness (QED) is 0.573. The van der Waals surface area contributed by atoms with Crippen molar-refractivity contribution < 1.29 is 17.6 Å². The highest BCUT2D eigenvalue weighted by Gasteiger charge is 2.53. The van der Waals surface area contributed by atoms with Crippen molar-refractivity contribution in [2.24, 2.45) is 0 Å². The molecule has 0 spiro atoms. The zero-order chi connectivity index (χ0) is 9.41. The molecule has 1 unspecified atom stereocenters. The summed E-state index contributed by atoms with van der Waals surface area (Å²) in [6.45, 7) is 0. The van der Waals surface area contributed by atoms with E-state index < -0.39 is 18.3 Å². The maximum atomic E-state index is 13.0. The van der Waals surface area contributed by atoms with Crippen LogP contribution in [0.4, 0.5) is 17.6 Å². The van der Waals surface area contributed by atoms with E-state index in [-0.39, 0.29) is 0 Å².